The quantitative estimate of drug-likeness (QED) is 0.928. The van der Waals surface area contributed by atoms with Gasteiger partial charge in [-0.15, -0.1) is 12.4 Å². The van der Waals surface area contributed by atoms with Gasteiger partial charge in [-0.1, -0.05) is 34.1 Å². The summed E-state index contributed by atoms with van der Waals surface area (Å²) in [5.41, 5.74) is 7.13. The van der Waals surface area contributed by atoms with Gasteiger partial charge < -0.3 is 5.73 Å². The fourth-order valence-corrected chi connectivity index (χ4v) is 2.76. The van der Waals surface area contributed by atoms with Crippen LogP contribution in [0.2, 0.25) is 0 Å². The smallest absolute Gasteiger partial charge is 0.0245 e. The van der Waals surface area contributed by atoms with E-state index in [4.69, 9.17) is 5.73 Å². The Morgan fingerprint density at radius 1 is 1.35 bits per heavy atom. The number of rotatable bonds is 3. The predicted molar refractivity (Wildman–Crippen MR) is 78.4 cm³/mol. The highest BCUT2D eigenvalue weighted by Gasteiger charge is 2.18. The third kappa shape index (κ3) is 4.25. The molecule has 1 aromatic carbocycles. The highest BCUT2D eigenvalue weighted by molar-refractivity contribution is 9.10. The van der Waals surface area contributed by atoms with Crippen LogP contribution in [0.5, 0.6) is 0 Å². The highest BCUT2D eigenvalue weighted by atomic mass is 79.9. The first-order valence-corrected chi connectivity index (χ1v) is 6.74. The Morgan fingerprint density at radius 3 is 2.82 bits per heavy atom. The molecule has 0 aromatic heterocycles. The van der Waals surface area contributed by atoms with Gasteiger partial charge in [-0.05, 0) is 43.5 Å². The van der Waals surface area contributed by atoms with Gasteiger partial charge in [-0.25, -0.2) is 0 Å². The summed E-state index contributed by atoms with van der Waals surface area (Å²) in [6.07, 6.45) is 2.58. The lowest BCUT2D eigenvalue weighted by molar-refractivity contribution is 0.171. The molecule has 0 saturated carbocycles. The van der Waals surface area contributed by atoms with Crippen LogP contribution >= 0.6 is 28.3 Å². The molecular weight excluding hydrogens is 300 g/mol. The molecule has 1 saturated heterocycles. The number of hydrogen-bond donors (Lipinski definition) is 1. The van der Waals surface area contributed by atoms with Crippen LogP contribution in [-0.2, 0) is 6.54 Å². The lowest BCUT2D eigenvalue weighted by Crippen LogP contribution is -2.37. The fraction of sp³-hybridized carbons (Fsp3) is 0.538. The molecule has 1 aromatic rings. The van der Waals surface area contributed by atoms with E-state index in [1.165, 1.54) is 29.4 Å². The Labute approximate surface area is 118 Å². The van der Waals surface area contributed by atoms with Gasteiger partial charge in [-0.2, -0.15) is 0 Å². The molecular formula is C13H20BrClN2. The number of halogens is 2. The predicted octanol–water partition coefficient (Wildman–Crippen LogP) is 3.04. The van der Waals surface area contributed by atoms with Gasteiger partial charge in [0.25, 0.3) is 0 Å². The third-order valence-corrected chi connectivity index (χ3v) is 4.06. The van der Waals surface area contributed by atoms with Crippen molar-refractivity contribution < 1.29 is 0 Å². The van der Waals surface area contributed by atoms with Crippen molar-refractivity contribution in [3.8, 4) is 0 Å². The van der Waals surface area contributed by atoms with Crippen LogP contribution in [0.4, 0.5) is 0 Å². The summed E-state index contributed by atoms with van der Waals surface area (Å²) in [7, 11) is 0. The molecule has 0 radical (unpaired) electrons. The zero-order chi connectivity index (χ0) is 11.4. The van der Waals surface area contributed by atoms with E-state index in [2.05, 4.69) is 45.1 Å². The van der Waals surface area contributed by atoms with Gasteiger partial charge in [0, 0.05) is 17.6 Å². The van der Waals surface area contributed by atoms with Crippen LogP contribution in [0.15, 0.2) is 28.7 Å². The molecule has 4 heteroatoms. The first-order valence-electron chi connectivity index (χ1n) is 5.95. The maximum Gasteiger partial charge on any atom is 0.0245 e. The first kappa shape index (κ1) is 15.0. The van der Waals surface area contributed by atoms with Crippen LogP contribution in [0.25, 0.3) is 0 Å². The molecule has 0 aliphatic carbocycles. The lowest BCUT2D eigenvalue weighted by atomic mass is 9.98. The summed E-state index contributed by atoms with van der Waals surface area (Å²) in [6.45, 7) is 4.22. The highest BCUT2D eigenvalue weighted by Crippen LogP contribution is 2.21. The monoisotopic (exact) mass is 318 g/mol. The van der Waals surface area contributed by atoms with Gasteiger partial charge in [0.05, 0.1) is 0 Å². The lowest BCUT2D eigenvalue weighted by Gasteiger charge is -2.32. The second-order valence-corrected chi connectivity index (χ2v) is 5.42. The van der Waals surface area contributed by atoms with Crippen molar-refractivity contribution in [1.29, 1.82) is 0 Å². The van der Waals surface area contributed by atoms with Crippen LogP contribution in [-0.4, -0.2) is 24.5 Å². The Bertz CT molecular complexity index is 346. The van der Waals surface area contributed by atoms with Crippen molar-refractivity contribution in [2.24, 2.45) is 11.7 Å². The van der Waals surface area contributed by atoms with Crippen LogP contribution < -0.4 is 5.73 Å². The SMILES string of the molecule is Cl.NCC1CCCN(Cc2ccccc2Br)C1. The topological polar surface area (TPSA) is 29.3 Å². The number of nitrogens with zero attached hydrogens (tertiary/aromatic N) is 1. The zero-order valence-electron chi connectivity index (χ0n) is 9.94. The summed E-state index contributed by atoms with van der Waals surface area (Å²) in [6, 6.07) is 8.47. The summed E-state index contributed by atoms with van der Waals surface area (Å²) in [5.74, 6) is 0.691. The van der Waals surface area contributed by atoms with E-state index in [1.54, 1.807) is 0 Å². The van der Waals surface area contributed by atoms with Crippen LogP contribution in [0.3, 0.4) is 0 Å². The molecule has 96 valence electrons. The van der Waals surface area contributed by atoms with Gasteiger partial charge in [-0.3, -0.25) is 4.90 Å². The van der Waals surface area contributed by atoms with Crippen molar-refractivity contribution in [3.63, 3.8) is 0 Å². The molecule has 0 bridgehead atoms. The van der Waals surface area contributed by atoms with Crippen LogP contribution in [0, 0.1) is 5.92 Å². The Hall–Kier alpha value is -0.0900. The minimum absolute atomic E-state index is 0. The van der Waals surface area contributed by atoms with Crippen molar-refractivity contribution in [1.82, 2.24) is 4.90 Å². The molecule has 0 amide bonds. The average molecular weight is 320 g/mol. The number of likely N-dealkylation sites (tertiary alicyclic amines) is 1. The molecule has 17 heavy (non-hydrogen) atoms. The van der Waals surface area contributed by atoms with Crippen LogP contribution in [0.1, 0.15) is 18.4 Å². The summed E-state index contributed by atoms with van der Waals surface area (Å²) in [5, 5.41) is 0. The number of hydrogen-bond acceptors (Lipinski definition) is 2. The van der Waals surface area contributed by atoms with E-state index in [-0.39, 0.29) is 12.4 Å². The second-order valence-electron chi connectivity index (χ2n) is 4.57. The van der Waals surface area contributed by atoms with Crippen molar-refractivity contribution in [3.05, 3.63) is 34.3 Å². The van der Waals surface area contributed by atoms with Crippen molar-refractivity contribution >= 4 is 28.3 Å². The standard InChI is InChI=1S/C13H19BrN2.ClH/c14-13-6-2-1-5-12(13)10-16-7-3-4-11(8-15)9-16;/h1-2,5-6,11H,3-4,7-10,15H2;1H. The zero-order valence-corrected chi connectivity index (χ0v) is 12.3. The van der Waals surface area contributed by atoms with Gasteiger partial charge in [0.2, 0.25) is 0 Å². The average Bonchev–Trinajstić information content (AvgIpc) is 2.32. The molecule has 1 aliphatic heterocycles. The first-order chi connectivity index (χ1) is 7.79. The van der Waals surface area contributed by atoms with Crippen molar-refractivity contribution in [2.75, 3.05) is 19.6 Å². The normalized spacial score (nSPS) is 20.9. The molecule has 1 unspecified atom stereocenters. The maximum atomic E-state index is 5.75. The van der Waals surface area contributed by atoms with E-state index in [0.717, 1.165) is 19.6 Å². The van der Waals surface area contributed by atoms with E-state index < -0.39 is 0 Å². The Kier molecular flexibility index (Phi) is 6.49. The molecule has 1 fully saturated rings. The Morgan fingerprint density at radius 2 is 2.12 bits per heavy atom. The van der Waals surface area contributed by atoms with Gasteiger partial charge >= 0.3 is 0 Å². The molecule has 0 spiro atoms. The third-order valence-electron chi connectivity index (χ3n) is 3.29. The molecule has 1 aliphatic rings. The summed E-state index contributed by atoms with van der Waals surface area (Å²) in [4.78, 5) is 2.52. The number of piperidine rings is 1. The number of benzene rings is 1. The molecule has 2 N–H and O–H groups in total. The van der Waals surface area contributed by atoms with Crippen molar-refractivity contribution in [2.45, 2.75) is 19.4 Å². The molecule has 1 atom stereocenters. The van der Waals surface area contributed by atoms with E-state index in [1.807, 2.05) is 0 Å². The van der Waals surface area contributed by atoms with Gasteiger partial charge in [0.1, 0.15) is 0 Å². The van der Waals surface area contributed by atoms with E-state index in [0.29, 0.717) is 5.92 Å². The fourth-order valence-electron chi connectivity index (χ4n) is 2.35. The Balaban J connectivity index is 0.00000144. The molecule has 1 heterocycles. The summed E-state index contributed by atoms with van der Waals surface area (Å²) < 4.78 is 1.21. The molecule has 2 rings (SSSR count). The largest absolute Gasteiger partial charge is 0.330 e. The molecule has 2 nitrogen and oxygen atoms in total. The minimum Gasteiger partial charge on any atom is -0.330 e. The second kappa shape index (κ2) is 7.37. The minimum atomic E-state index is 0. The van der Waals surface area contributed by atoms with E-state index in [9.17, 15) is 0 Å². The number of nitrogens with two attached hydrogens (primary N) is 1. The maximum absolute atomic E-state index is 5.75. The summed E-state index contributed by atoms with van der Waals surface area (Å²) >= 11 is 3.60. The van der Waals surface area contributed by atoms with Gasteiger partial charge in [0.15, 0.2) is 0 Å². The van der Waals surface area contributed by atoms with E-state index >= 15 is 0 Å².